The number of aliphatic hydroxyl groups excluding tert-OH is 1. The highest BCUT2D eigenvalue weighted by Crippen LogP contribution is 2.45. The summed E-state index contributed by atoms with van der Waals surface area (Å²) in [6, 6.07) is 0. The number of carbonyl (C=O) groups is 4. The average molecular weight is 1350 g/mol. The number of hydrogen-bond acceptors (Lipinski definition) is 15. The third kappa shape index (κ3) is 65.4. The van der Waals surface area contributed by atoms with Gasteiger partial charge in [-0.1, -0.05) is 312 Å². The zero-order chi connectivity index (χ0) is 68.2. The summed E-state index contributed by atoms with van der Waals surface area (Å²) in [5, 5.41) is 10.6. The van der Waals surface area contributed by atoms with Gasteiger partial charge in [-0.2, -0.15) is 0 Å². The van der Waals surface area contributed by atoms with E-state index in [9.17, 15) is 43.2 Å². The molecule has 0 amide bonds. The van der Waals surface area contributed by atoms with E-state index < -0.39 is 97.5 Å². The van der Waals surface area contributed by atoms with Crippen LogP contribution in [0.15, 0.2) is 0 Å². The lowest BCUT2D eigenvalue weighted by atomic mass is 9.99. The van der Waals surface area contributed by atoms with Gasteiger partial charge < -0.3 is 33.8 Å². The first-order chi connectivity index (χ1) is 44.1. The van der Waals surface area contributed by atoms with Gasteiger partial charge in [0.25, 0.3) is 0 Å². The fraction of sp³-hybridized carbons (Fsp3) is 0.945. The van der Waals surface area contributed by atoms with Crippen LogP contribution in [0.25, 0.3) is 0 Å². The highest BCUT2D eigenvalue weighted by molar-refractivity contribution is 7.47. The number of carbonyl (C=O) groups excluding carboxylic acids is 4. The Morgan fingerprint density at radius 2 is 0.522 bits per heavy atom. The Morgan fingerprint density at radius 3 is 0.772 bits per heavy atom. The lowest BCUT2D eigenvalue weighted by Gasteiger charge is -2.21. The molecule has 0 aliphatic rings. The number of unbranched alkanes of at least 4 members (excludes halogenated alkanes) is 35. The van der Waals surface area contributed by atoms with Crippen LogP contribution in [-0.4, -0.2) is 96.7 Å². The molecular weight excluding hydrogens is 1210 g/mol. The molecule has 0 spiro atoms. The number of esters is 4. The third-order valence-electron chi connectivity index (χ3n) is 17.2. The molecule has 0 fully saturated rings. The Bertz CT molecular complexity index is 1820. The van der Waals surface area contributed by atoms with Gasteiger partial charge >= 0.3 is 39.5 Å². The third-order valence-corrected chi connectivity index (χ3v) is 19.1. The van der Waals surface area contributed by atoms with Crippen LogP contribution in [0.2, 0.25) is 0 Å². The minimum absolute atomic E-state index is 0.103. The van der Waals surface area contributed by atoms with E-state index >= 15 is 0 Å². The summed E-state index contributed by atoms with van der Waals surface area (Å²) in [6.07, 6.45) is 46.0. The molecule has 0 aromatic rings. The van der Waals surface area contributed by atoms with Gasteiger partial charge in [-0.05, 0) is 49.4 Å². The lowest BCUT2D eigenvalue weighted by molar-refractivity contribution is -0.161. The molecule has 19 heteroatoms. The first-order valence-corrected chi connectivity index (χ1v) is 40.7. The van der Waals surface area contributed by atoms with E-state index in [1.165, 1.54) is 161 Å². The molecule has 0 radical (unpaired) electrons. The van der Waals surface area contributed by atoms with Crippen molar-refractivity contribution in [3.05, 3.63) is 0 Å². The summed E-state index contributed by atoms with van der Waals surface area (Å²) < 4.78 is 68.3. The fourth-order valence-electron chi connectivity index (χ4n) is 11.0. The standard InChI is InChI=1S/C73H142O17P2/c1-9-66(8)52-44-36-27-21-17-12-10-11-13-18-22-28-37-45-53-70(75)83-59-68(90-73(78)56-48-40-30-24-26-34-42-50-64(4)5)61-87-91(79,80)85-57-67(74)58-86-92(81,82)88-62-69(60-84-71(76)54-46-38-32-31-35-43-51-65(6)7)89-72(77)55-47-39-29-23-19-15-14-16-20-25-33-41-49-63(2)3/h63-69,74H,9-62H2,1-8H3,(H,79,80)(H,81,82)/t66?,67-,68-,69-/m1/s1. The molecule has 0 saturated heterocycles. The number of hydrogen-bond donors (Lipinski definition) is 3. The predicted molar refractivity (Wildman–Crippen MR) is 372 cm³/mol. The Morgan fingerprint density at radius 1 is 0.304 bits per heavy atom. The maximum Gasteiger partial charge on any atom is 0.472 e. The minimum atomic E-state index is -4.95. The van der Waals surface area contributed by atoms with E-state index in [0.717, 1.165) is 108 Å². The van der Waals surface area contributed by atoms with Crippen LogP contribution in [0.4, 0.5) is 0 Å². The molecule has 0 aromatic heterocycles. The van der Waals surface area contributed by atoms with Crippen LogP contribution in [0, 0.1) is 23.7 Å². The van der Waals surface area contributed by atoms with Crippen LogP contribution in [0.5, 0.6) is 0 Å². The molecule has 6 atom stereocenters. The van der Waals surface area contributed by atoms with Crippen molar-refractivity contribution in [1.82, 2.24) is 0 Å². The van der Waals surface area contributed by atoms with Crippen molar-refractivity contribution in [2.45, 2.75) is 382 Å². The highest BCUT2D eigenvalue weighted by Gasteiger charge is 2.30. The van der Waals surface area contributed by atoms with Gasteiger partial charge in [-0.15, -0.1) is 0 Å². The molecule has 0 aromatic carbocycles. The van der Waals surface area contributed by atoms with Gasteiger partial charge in [0.1, 0.15) is 19.3 Å². The van der Waals surface area contributed by atoms with Crippen molar-refractivity contribution in [2.75, 3.05) is 39.6 Å². The normalized spacial score (nSPS) is 14.5. The van der Waals surface area contributed by atoms with E-state index in [2.05, 4.69) is 55.4 Å². The SMILES string of the molecule is CCC(C)CCCCCCCCCCCCCCCCC(=O)OC[C@H](COP(=O)(O)OC[C@@H](O)COP(=O)(O)OC[C@@H](COC(=O)CCCCCCCCC(C)C)OC(=O)CCCCCCCCCCCCCCC(C)C)OC(=O)CCCCCCCCCC(C)C. The highest BCUT2D eigenvalue weighted by atomic mass is 31.2. The monoisotopic (exact) mass is 1350 g/mol. The van der Waals surface area contributed by atoms with E-state index in [4.69, 9.17) is 37.0 Å². The summed E-state index contributed by atoms with van der Waals surface area (Å²) in [4.78, 5) is 72.6. The van der Waals surface area contributed by atoms with Gasteiger partial charge in [-0.3, -0.25) is 37.3 Å². The van der Waals surface area contributed by atoms with Crippen molar-refractivity contribution >= 4 is 39.5 Å². The van der Waals surface area contributed by atoms with Crippen molar-refractivity contribution < 1.29 is 80.2 Å². The van der Waals surface area contributed by atoms with Crippen molar-refractivity contribution in [3.8, 4) is 0 Å². The maximum atomic E-state index is 13.0. The summed E-state index contributed by atoms with van der Waals surface area (Å²) >= 11 is 0. The van der Waals surface area contributed by atoms with Crippen molar-refractivity contribution in [3.63, 3.8) is 0 Å². The first-order valence-electron chi connectivity index (χ1n) is 37.7. The molecule has 0 aliphatic carbocycles. The van der Waals surface area contributed by atoms with Crippen LogP contribution in [-0.2, 0) is 65.4 Å². The van der Waals surface area contributed by atoms with Crippen LogP contribution in [0.1, 0.15) is 364 Å². The number of phosphoric acid groups is 2. The summed E-state index contributed by atoms with van der Waals surface area (Å²) in [5.41, 5.74) is 0. The molecule has 0 rings (SSSR count). The summed E-state index contributed by atoms with van der Waals surface area (Å²) in [7, 11) is -9.91. The van der Waals surface area contributed by atoms with Crippen LogP contribution in [0.3, 0.4) is 0 Å². The number of phosphoric ester groups is 2. The quantitative estimate of drug-likeness (QED) is 0.0222. The topological polar surface area (TPSA) is 237 Å². The molecule has 0 aliphatic heterocycles. The second-order valence-electron chi connectivity index (χ2n) is 28.0. The van der Waals surface area contributed by atoms with E-state index in [-0.39, 0.29) is 25.7 Å². The smallest absolute Gasteiger partial charge is 0.462 e. The van der Waals surface area contributed by atoms with Gasteiger partial charge in [0.15, 0.2) is 12.2 Å². The minimum Gasteiger partial charge on any atom is -0.462 e. The molecule has 546 valence electrons. The lowest BCUT2D eigenvalue weighted by Crippen LogP contribution is -2.30. The van der Waals surface area contributed by atoms with Crippen LogP contribution < -0.4 is 0 Å². The van der Waals surface area contributed by atoms with Gasteiger partial charge in [0, 0.05) is 25.7 Å². The summed E-state index contributed by atoms with van der Waals surface area (Å²) in [6.45, 7) is 14.1. The predicted octanol–water partition coefficient (Wildman–Crippen LogP) is 20.9. The fourth-order valence-corrected chi connectivity index (χ4v) is 12.6. The largest absolute Gasteiger partial charge is 0.472 e. The Labute approximate surface area is 562 Å². The molecule has 0 heterocycles. The van der Waals surface area contributed by atoms with Gasteiger partial charge in [0.2, 0.25) is 0 Å². The molecule has 3 unspecified atom stereocenters. The van der Waals surface area contributed by atoms with E-state index in [0.29, 0.717) is 37.5 Å². The average Bonchev–Trinajstić information content (AvgIpc) is 2.30. The Balaban J connectivity index is 5.18. The maximum absolute atomic E-state index is 13.0. The number of aliphatic hydroxyl groups is 1. The van der Waals surface area contributed by atoms with Crippen molar-refractivity contribution in [1.29, 1.82) is 0 Å². The zero-order valence-corrected chi connectivity index (χ0v) is 62.0. The van der Waals surface area contributed by atoms with Gasteiger partial charge in [0.05, 0.1) is 26.4 Å². The molecule has 92 heavy (non-hydrogen) atoms. The second-order valence-corrected chi connectivity index (χ2v) is 30.9. The zero-order valence-electron chi connectivity index (χ0n) is 60.2. The van der Waals surface area contributed by atoms with Crippen molar-refractivity contribution in [2.24, 2.45) is 23.7 Å². The second kappa shape index (κ2) is 62.6. The van der Waals surface area contributed by atoms with E-state index in [1.54, 1.807) is 0 Å². The molecule has 17 nitrogen and oxygen atoms in total. The van der Waals surface area contributed by atoms with E-state index in [1.807, 2.05) is 0 Å². The summed E-state index contributed by atoms with van der Waals surface area (Å²) in [5.74, 6) is 0.873. The van der Waals surface area contributed by atoms with Gasteiger partial charge in [-0.25, -0.2) is 9.13 Å². The molecular formula is C73H142O17P2. The number of ether oxygens (including phenoxy) is 4. The molecule has 0 bridgehead atoms. The Hall–Kier alpha value is -1.94. The Kier molecular flexibility index (Phi) is 61.3. The molecule has 0 saturated carbocycles. The number of rotatable bonds is 70. The van der Waals surface area contributed by atoms with Crippen LogP contribution >= 0.6 is 15.6 Å². The molecule has 3 N–H and O–H groups in total. The first kappa shape index (κ1) is 90.1.